The summed E-state index contributed by atoms with van der Waals surface area (Å²) in [6.07, 6.45) is 3.54. The molecule has 5 rings (SSSR count). The Hall–Kier alpha value is -5.76. The number of carboxylic acids is 1. The Morgan fingerprint density at radius 3 is 1.67 bits per heavy atom. The highest BCUT2D eigenvalue weighted by atomic mass is 16.5. The van der Waals surface area contributed by atoms with Gasteiger partial charge in [-0.1, -0.05) is 61.2 Å². The number of carbonyl (C=O) groups excluding carboxylic acids is 3. The topological polar surface area (TPSA) is 122 Å². The Labute approximate surface area is 267 Å². The Kier molecular flexibility index (Phi) is 9.57. The zero-order valence-corrected chi connectivity index (χ0v) is 25.7. The van der Waals surface area contributed by atoms with Gasteiger partial charge in [-0.3, -0.25) is 9.59 Å². The maximum absolute atomic E-state index is 13.9. The molecule has 3 N–H and O–H groups in total. The number of aliphatic carboxylic acids is 1. The van der Waals surface area contributed by atoms with E-state index in [1.807, 2.05) is 48.5 Å². The zero-order valence-electron chi connectivity index (χ0n) is 25.7. The van der Waals surface area contributed by atoms with E-state index in [2.05, 4.69) is 17.2 Å². The molecular formula is C38H34N2O6. The molecule has 1 aliphatic carbocycles. The first-order valence-corrected chi connectivity index (χ1v) is 14.9. The van der Waals surface area contributed by atoms with Gasteiger partial charge in [0.25, 0.3) is 0 Å². The largest absolute Gasteiger partial charge is 0.478 e. The van der Waals surface area contributed by atoms with Gasteiger partial charge >= 0.3 is 11.9 Å². The van der Waals surface area contributed by atoms with Gasteiger partial charge in [0.1, 0.15) is 0 Å². The molecule has 0 saturated carbocycles. The molecule has 0 spiro atoms. The number of ketones is 2. The molecule has 0 radical (unpaired) electrons. The van der Waals surface area contributed by atoms with Crippen LogP contribution in [0.2, 0.25) is 0 Å². The highest BCUT2D eigenvalue weighted by Crippen LogP contribution is 2.38. The average Bonchev–Trinajstić information content (AvgIpc) is 3.05. The Bertz CT molecular complexity index is 1870. The molecule has 4 aromatic carbocycles. The number of hydrogen-bond acceptors (Lipinski definition) is 7. The van der Waals surface area contributed by atoms with Gasteiger partial charge in [0.2, 0.25) is 0 Å². The second kappa shape index (κ2) is 13.9. The predicted molar refractivity (Wildman–Crippen MR) is 178 cm³/mol. The SMILES string of the molecule is C=C(C)C(=O)OCCc1ccc(Nc2ccc(Nc3ccc(CCC=C(C)C(=O)O)cc3)c3c2C(=O)c2ccccc2C3=O)cc1. The summed E-state index contributed by atoms with van der Waals surface area (Å²) in [4.78, 5) is 50.4. The minimum atomic E-state index is -0.923. The van der Waals surface area contributed by atoms with E-state index >= 15 is 0 Å². The van der Waals surface area contributed by atoms with E-state index in [1.165, 1.54) is 0 Å². The van der Waals surface area contributed by atoms with E-state index < -0.39 is 11.9 Å². The van der Waals surface area contributed by atoms with Crippen molar-refractivity contribution in [3.8, 4) is 0 Å². The van der Waals surface area contributed by atoms with Crippen LogP contribution in [0.4, 0.5) is 22.7 Å². The van der Waals surface area contributed by atoms with Crippen LogP contribution in [0.1, 0.15) is 63.2 Å². The standard InChI is InChI=1S/C38H34N2O6/c1-23(2)38(45)46-22-21-26-13-17-28(18-14-26)40-32-20-19-31(33-34(32)36(42)30-10-5-4-9-29(30)35(33)41)39-27-15-11-25(12-16-27)8-6-7-24(3)37(43)44/h4-5,7,9-20,39-40H,1,6,8,21-22H2,2-3H3,(H,43,44). The molecule has 0 fully saturated rings. The fourth-order valence-electron chi connectivity index (χ4n) is 5.18. The lowest BCUT2D eigenvalue weighted by atomic mass is 9.82. The smallest absolute Gasteiger partial charge is 0.333 e. The van der Waals surface area contributed by atoms with Gasteiger partial charge < -0.3 is 20.5 Å². The third-order valence-corrected chi connectivity index (χ3v) is 7.73. The fraction of sp³-hybridized carbons (Fsp3) is 0.158. The number of allylic oxidation sites excluding steroid dienone is 1. The van der Waals surface area contributed by atoms with E-state index in [0.717, 1.165) is 22.5 Å². The minimum Gasteiger partial charge on any atom is -0.478 e. The molecule has 0 heterocycles. The first-order chi connectivity index (χ1) is 22.1. The molecule has 0 unspecified atom stereocenters. The molecule has 0 saturated heterocycles. The zero-order chi connectivity index (χ0) is 32.8. The highest BCUT2D eigenvalue weighted by Gasteiger charge is 2.34. The van der Waals surface area contributed by atoms with Gasteiger partial charge in [0.05, 0.1) is 29.1 Å². The van der Waals surface area contributed by atoms with Crippen molar-refractivity contribution in [3.63, 3.8) is 0 Å². The summed E-state index contributed by atoms with van der Waals surface area (Å²) in [6.45, 7) is 7.00. The van der Waals surface area contributed by atoms with Gasteiger partial charge in [0, 0.05) is 40.1 Å². The summed E-state index contributed by atoms with van der Waals surface area (Å²) in [6, 6.07) is 25.7. The molecule has 46 heavy (non-hydrogen) atoms. The number of aryl methyl sites for hydroxylation is 1. The molecule has 0 amide bonds. The quantitative estimate of drug-likeness (QED) is 0.0972. The number of fused-ring (bicyclic) bond motifs is 2. The number of esters is 1. The van der Waals surface area contributed by atoms with Crippen LogP contribution >= 0.6 is 0 Å². The molecular weight excluding hydrogens is 580 g/mol. The average molecular weight is 615 g/mol. The van der Waals surface area contributed by atoms with Crippen LogP contribution in [0.5, 0.6) is 0 Å². The van der Waals surface area contributed by atoms with Crippen molar-refractivity contribution in [1.29, 1.82) is 0 Å². The van der Waals surface area contributed by atoms with Crippen molar-refractivity contribution in [3.05, 3.63) is 142 Å². The van der Waals surface area contributed by atoms with Crippen molar-refractivity contribution in [1.82, 2.24) is 0 Å². The monoisotopic (exact) mass is 614 g/mol. The third kappa shape index (κ3) is 7.13. The summed E-state index contributed by atoms with van der Waals surface area (Å²) < 4.78 is 5.19. The fourth-order valence-corrected chi connectivity index (χ4v) is 5.18. The highest BCUT2D eigenvalue weighted by molar-refractivity contribution is 6.32. The summed E-state index contributed by atoms with van der Waals surface area (Å²) in [5.74, 6) is -1.83. The number of benzene rings is 4. The van der Waals surface area contributed by atoms with Crippen molar-refractivity contribution in [2.45, 2.75) is 33.1 Å². The number of carboxylic acid groups (broad SMARTS) is 1. The van der Waals surface area contributed by atoms with Gasteiger partial charge in [-0.25, -0.2) is 9.59 Å². The number of nitrogens with one attached hydrogen (secondary N) is 2. The number of ether oxygens (including phenoxy) is 1. The summed E-state index contributed by atoms with van der Waals surface area (Å²) in [5.41, 5.74) is 6.49. The lowest BCUT2D eigenvalue weighted by molar-refractivity contribution is -0.138. The van der Waals surface area contributed by atoms with Crippen molar-refractivity contribution < 1.29 is 29.0 Å². The second-order valence-electron chi connectivity index (χ2n) is 11.2. The maximum atomic E-state index is 13.9. The van der Waals surface area contributed by atoms with E-state index in [0.29, 0.717) is 64.0 Å². The Balaban J connectivity index is 1.38. The van der Waals surface area contributed by atoms with Gasteiger partial charge in [0.15, 0.2) is 11.6 Å². The predicted octanol–water partition coefficient (Wildman–Crippen LogP) is 7.57. The van der Waals surface area contributed by atoms with Crippen LogP contribution < -0.4 is 10.6 Å². The molecule has 0 aromatic heterocycles. The molecule has 1 aliphatic rings. The molecule has 8 heteroatoms. The van der Waals surface area contributed by atoms with E-state index in [9.17, 15) is 19.2 Å². The summed E-state index contributed by atoms with van der Waals surface area (Å²) in [5, 5.41) is 15.7. The van der Waals surface area contributed by atoms with Gasteiger partial charge in [-0.15, -0.1) is 0 Å². The summed E-state index contributed by atoms with van der Waals surface area (Å²) in [7, 11) is 0. The molecule has 0 atom stereocenters. The number of anilines is 4. The maximum Gasteiger partial charge on any atom is 0.333 e. The van der Waals surface area contributed by atoms with Crippen molar-refractivity contribution in [2.24, 2.45) is 0 Å². The molecule has 0 aliphatic heterocycles. The lowest BCUT2D eigenvalue weighted by Crippen LogP contribution is -2.23. The van der Waals surface area contributed by atoms with Crippen LogP contribution in [0.3, 0.4) is 0 Å². The van der Waals surface area contributed by atoms with Crippen molar-refractivity contribution >= 4 is 46.3 Å². The van der Waals surface area contributed by atoms with E-state index in [-0.39, 0.29) is 18.2 Å². The first-order valence-electron chi connectivity index (χ1n) is 14.9. The van der Waals surface area contributed by atoms with Crippen LogP contribution in [0.25, 0.3) is 0 Å². The van der Waals surface area contributed by atoms with Gasteiger partial charge in [-0.2, -0.15) is 0 Å². The van der Waals surface area contributed by atoms with Crippen LogP contribution in [-0.4, -0.2) is 35.2 Å². The summed E-state index contributed by atoms with van der Waals surface area (Å²) >= 11 is 0. The number of rotatable bonds is 12. The minimum absolute atomic E-state index is 0.239. The van der Waals surface area contributed by atoms with Crippen molar-refractivity contribution in [2.75, 3.05) is 17.2 Å². The molecule has 0 bridgehead atoms. The van der Waals surface area contributed by atoms with Crippen LogP contribution in [0, 0.1) is 0 Å². The Morgan fingerprint density at radius 1 is 0.739 bits per heavy atom. The van der Waals surface area contributed by atoms with Crippen LogP contribution in [0.15, 0.2) is 109 Å². The first kappa shape index (κ1) is 31.7. The molecule has 232 valence electrons. The third-order valence-electron chi connectivity index (χ3n) is 7.73. The second-order valence-corrected chi connectivity index (χ2v) is 11.2. The molecule has 8 nitrogen and oxygen atoms in total. The Morgan fingerprint density at radius 2 is 1.22 bits per heavy atom. The van der Waals surface area contributed by atoms with E-state index in [4.69, 9.17) is 9.84 Å². The van der Waals surface area contributed by atoms with Crippen LogP contribution in [-0.2, 0) is 27.2 Å². The normalized spacial score (nSPS) is 12.2. The van der Waals surface area contributed by atoms with E-state index in [1.54, 1.807) is 56.3 Å². The number of hydrogen-bond donors (Lipinski definition) is 3. The van der Waals surface area contributed by atoms with Gasteiger partial charge in [-0.05, 0) is 74.2 Å². The molecule has 4 aromatic rings. The number of carbonyl (C=O) groups is 4. The lowest BCUT2D eigenvalue weighted by Gasteiger charge is -2.24.